The minimum Gasteiger partial charge on any atom is -0.385 e. The molecule has 14 heavy (non-hydrogen) atoms. The molecule has 2 heterocycles. The Hall–Kier alpha value is -1.03. The van der Waals surface area contributed by atoms with Crippen LogP contribution in [0.4, 0.5) is 5.82 Å². The van der Waals surface area contributed by atoms with Crippen molar-refractivity contribution in [3.8, 4) is 0 Å². The van der Waals surface area contributed by atoms with Crippen LogP contribution >= 0.6 is 15.9 Å². The van der Waals surface area contributed by atoms with Gasteiger partial charge < -0.3 is 5.73 Å². The number of imidazole rings is 1. The maximum atomic E-state index is 5.94. The second-order valence-electron chi connectivity index (χ2n) is 3.71. The molecule has 1 saturated carbocycles. The summed E-state index contributed by atoms with van der Waals surface area (Å²) in [7, 11) is 0. The average molecular weight is 252 g/mol. The van der Waals surface area contributed by atoms with Gasteiger partial charge in [0, 0.05) is 5.92 Å². The molecular weight excluding hydrogens is 242 g/mol. The first-order valence-corrected chi connectivity index (χ1v) is 5.49. The van der Waals surface area contributed by atoms with Crippen molar-refractivity contribution < 1.29 is 0 Å². The Balaban J connectivity index is 2.39. The molecule has 3 nitrogen and oxygen atoms in total. The number of hydrogen-bond donors (Lipinski definition) is 1. The molecular formula is C10H10BrN3. The van der Waals surface area contributed by atoms with E-state index in [-0.39, 0.29) is 0 Å². The lowest BCUT2D eigenvalue weighted by Crippen LogP contribution is -1.99. The Kier molecular flexibility index (Phi) is 1.62. The summed E-state index contributed by atoms with van der Waals surface area (Å²) < 4.78 is 2.94. The van der Waals surface area contributed by atoms with Crippen molar-refractivity contribution in [2.75, 3.05) is 5.73 Å². The Bertz CT molecular complexity index is 499. The third kappa shape index (κ3) is 1.07. The standard InChI is InChI=1S/C10H10BrN3/c11-9-7-2-1-3-8(12)14(7)10(13-9)6-4-5-6/h1-3,6H,4-5,12H2. The second-order valence-corrected chi connectivity index (χ2v) is 4.46. The van der Waals surface area contributed by atoms with Crippen molar-refractivity contribution >= 4 is 27.3 Å². The molecule has 1 aliphatic carbocycles. The van der Waals surface area contributed by atoms with E-state index in [2.05, 4.69) is 20.9 Å². The van der Waals surface area contributed by atoms with E-state index in [0.29, 0.717) is 5.92 Å². The van der Waals surface area contributed by atoms with Crippen molar-refractivity contribution in [1.82, 2.24) is 9.38 Å². The fourth-order valence-electron chi connectivity index (χ4n) is 1.77. The van der Waals surface area contributed by atoms with E-state index in [1.165, 1.54) is 12.8 Å². The quantitative estimate of drug-likeness (QED) is 0.847. The number of pyridine rings is 1. The summed E-state index contributed by atoms with van der Waals surface area (Å²) >= 11 is 3.46. The molecule has 0 amide bonds. The predicted octanol–water partition coefficient (Wildman–Crippen LogP) is 2.56. The van der Waals surface area contributed by atoms with Crippen LogP contribution in [0.25, 0.3) is 5.52 Å². The average Bonchev–Trinajstić information content (AvgIpc) is 2.94. The van der Waals surface area contributed by atoms with Gasteiger partial charge in [-0.15, -0.1) is 0 Å². The number of nitrogen functional groups attached to an aromatic ring is 1. The largest absolute Gasteiger partial charge is 0.385 e. The molecule has 72 valence electrons. The highest BCUT2D eigenvalue weighted by Gasteiger charge is 2.29. The van der Waals surface area contributed by atoms with Gasteiger partial charge in [-0.2, -0.15) is 0 Å². The first-order chi connectivity index (χ1) is 6.77. The molecule has 2 N–H and O–H groups in total. The SMILES string of the molecule is Nc1cccc2c(Br)nc(C3CC3)n12. The molecule has 4 heteroatoms. The Morgan fingerprint density at radius 1 is 1.43 bits per heavy atom. The van der Waals surface area contributed by atoms with E-state index in [0.717, 1.165) is 21.8 Å². The van der Waals surface area contributed by atoms with Crippen LogP contribution in [0.3, 0.4) is 0 Å². The topological polar surface area (TPSA) is 43.3 Å². The van der Waals surface area contributed by atoms with E-state index in [9.17, 15) is 0 Å². The van der Waals surface area contributed by atoms with Gasteiger partial charge in [0.2, 0.25) is 0 Å². The van der Waals surface area contributed by atoms with Gasteiger partial charge in [0.15, 0.2) is 0 Å². The third-order valence-corrected chi connectivity index (χ3v) is 3.20. The molecule has 0 unspecified atom stereocenters. The van der Waals surface area contributed by atoms with E-state index < -0.39 is 0 Å². The first-order valence-electron chi connectivity index (χ1n) is 4.69. The number of halogens is 1. The summed E-state index contributed by atoms with van der Waals surface area (Å²) in [4.78, 5) is 4.51. The maximum absolute atomic E-state index is 5.94. The van der Waals surface area contributed by atoms with Crippen molar-refractivity contribution in [2.24, 2.45) is 0 Å². The fourth-order valence-corrected chi connectivity index (χ4v) is 2.26. The molecule has 0 aromatic carbocycles. The summed E-state index contributed by atoms with van der Waals surface area (Å²) in [6.45, 7) is 0. The lowest BCUT2D eigenvalue weighted by Gasteiger charge is -2.02. The number of nitrogens with zero attached hydrogens (tertiary/aromatic N) is 2. The number of fused-ring (bicyclic) bond motifs is 1. The van der Waals surface area contributed by atoms with Crippen molar-refractivity contribution in [1.29, 1.82) is 0 Å². The zero-order valence-corrected chi connectivity index (χ0v) is 9.16. The van der Waals surface area contributed by atoms with Gasteiger partial charge in [-0.1, -0.05) is 6.07 Å². The number of aromatic nitrogens is 2. The summed E-state index contributed by atoms with van der Waals surface area (Å²) in [5.41, 5.74) is 7.00. The van der Waals surface area contributed by atoms with Crippen LogP contribution in [0, 0.1) is 0 Å². The van der Waals surface area contributed by atoms with Gasteiger partial charge in [-0.05, 0) is 40.9 Å². The summed E-state index contributed by atoms with van der Waals surface area (Å²) in [5.74, 6) is 2.48. The van der Waals surface area contributed by atoms with Crippen LogP contribution < -0.4 is 5.73 Å². The van der Waals surface area contributed by atoms with Gasteiger partial charge in [-0.25, -0.2) is 4.98 Å². The van der Waals surface area contributed by atoms with E-state index in [4.69, 9.17) is 5.73 Å². The van der Waals surface area contributed by atoms with Crippen molar-refractivity contribution in [3.63, 3.8) is 0 Å². The van der Waals surface area contributed by atoms with Crippen LogP contribution in [0.5, 0.6) is 0 Å². The number of rotatable bonds is 1. The maximum Gasteiger partial charge on any atom is 0.132 e. The summed E-state index contributed by atoms with van der Waals surface area (Å²) in [6, 6.07) is 5.89. The van der Waals surface area contributed by atoms with E-state index >= 15 is 0 Å². The molecule has 2 aromatic heterocycles. The van der Waals surface area contributed by atoms with Gasteiger partial charge in [0.1, 0.15) is 16.2 Å². The number of hydrogen-bond acceptors (Lipinski definition) is 2. The molecule has 0 spiro atoms. The Labute approximate surface area is 90.1 Å². The lowest BCUT2D eigenvalue weighted by atomic mass is 10.3. The van der Waals surface area contributed by atoms with Gasteiger partial charge in [-0.3, -0.25) is 4.40 Å². The van der Waals surface area contributed by atoms with Crippen LogP contribution in [-0.4, -0.2) is 9.38 Å². The van der Waals surface area contributed by atoms with Crippen LogP contribution in [0.2, 0.25) is 0 Å². The zero-order chi connectivity index (χ0) is 9.71. The first kappa shape index (κ1) is 8.29. The highest BCUT2D eigenvalue weighted by Crippen LogP contribution is 2.41. The summed E-state index contributed by atoms with van der Waals surface area (Å²) in [5, 5.41) is 0. The monoisotopic (exact) mass is 251 g/mol. The molecule has 0 radical (unpaired) electrons. The van der Waals surface area contributed by atoms with Crippen molar-refractivity contribution in [3.05, 3.63) is 28.6 Å². The van der Waals surface area contributed by atoms with Crippen LogP contribution in [0.1, 0.15) is 24.6 Å². The number of anilines is 1. The van der Waals surface area contributed by atoms with Gasteiger partial charge in [0.25, 0.3) is 0 Å². The number of nitrogens with two attached hydrogens (primary N) is 1. The summed E-state index contributed by atoms with van der Waals surface area (Å²) in [6.07, 6.45) is 2.47. The van der Waals surface area contributed by atoms with Crippen molar-refractivity contribution in [2.45, 2.75) is 18.8 Å². The van der Waals surface area contributed by atoms with Gasteiger partial charge >= 0.3 is 0 Å². The fraction of sp³-hybridized carbons (Fsp3) is 0.300. The molecule has 0 saturated heterocycles. The smallest absolute Gasteiger partial charge is 0.132 e. The molecule has 1 aliphatic rings. The minimum atomic E-state index is 0.610. The van der Waals surface area contributed by atoms with Crippen LogP contribution in [0.15, 0.2) is 22.8 Å². The van der Waals surface area contributed by atoms with E-state index in [1.807, 2.05) is 22.6 Å². The molecule has 0 bridgehead atoms. The molecule has 0 aliphatic heterocycles. The van der Waals surface area contributed by atoms with Gasteiger partial charge in [0.05, 0.1) is 5.52 Å². The predicted molar refractivity (Wildman–Crippen MR) is 59.3 cm³/mol. The highest BCUT2D eigenvalue weighted by molar-refractivity contribution is 9.10. The Morgan fingerprint density at radius 3 is 2.93 bits per heavy atom. The lowest BCUT2D eigenvalue weighted by molar-refractivity contribution is 0.925. The second kappa shape index (κ2) is 2.73. The Morgan fingerprint density at radius 2 is 2.21 bits per heavy atom. The third-order valence-electron chi connectivity index (χ3n) is 2.62. The minimum absolute atomic E-state index is 0.610. The molecule has 1 fully saturated rings. The molecule has 0 atom stereocenters. The normalized spacial score (nSPS) is 16.4. The molecule has 2 aromatic rings. The zero-order valence-electron chi connectivity index (χ0n) is 7.57. The molecule has 3 rings (SSSR count). The van der Waals surface area contributed by atoms with Crippen LogP contribution in [-0.2, 0) is 0 Å². The van der Waals surface area contributed by atoms with E-state index in [1.54, 1.807) is 0 Å². The highest BCUT2D eigenvalue weighted by atomic mass is 79.9.